The van der Waals surface area contributed by atoms with Gasteiger partial charge in [0.1, 0.15) is 0 Å². The zero-order valence-corrected chi connectivity index (χ0v) is 13.4. The molecule has 110 valence electrons. The van der Waals surface area contributed by atoms with Gasteiger partial charge >= 0.3 is 0 Å². The number of amides is 1. The molecule has 0 aliphatic carbocycles. The summed E-state index contributed by atoms with van der Waals surface area (Å²) in [5, 5.41) is 5.99. The lowest BCUT2D eigenvalue weighted by Gasteiger charge is -2.34. The van der Waals surface area contributed by atoms with Gasteiger partial charge in [-0.2, -0.15) is 0 Å². The lowest BCUT2D eigenvalue weighted by atomic mass is 10.3. The van der Waals surface area contributed by atoms with Crippen LogP contribution in [0.3, 0.4) is 0 Å². The van der Waals surface area contributed by atoms with Crippen LogP contribution in [0, 0.1) is 6.92 Å². The van der Waals surface area contributed by atoms with Crippen molar-refractivity contribution >= 4 is 39.8 Å². The Morgan fingerprint density at radius 1 is 1.29 bits per heavy atom. The predicted molar refractivity (Wildman–Crippen MR) is 86.8 cm³/mol. The second-order valence-electron chi connectivity index (χ2n) is 4.75. The van der Waals surface area contributed by atoms with E-state index < -0.39 is 0 Å². The average Bonchev–Trinajstić information content (AvgIpc) is 3.16. The van der Waals surface area contributed by atoms with Gasteiger partial charge in [-0.05, 0) is 13.0 Å². The van der Waals surface area contributed by atoms with E-state index in [4.69, 9.17) is 0 Å². The van der Waals surface area contributed by atoms with Crippen LogP contribution < -0.4 is 4.90 Å². The van der Waals surface area contributed by atoms with Gasteiger partial charge in [-0.1, -0.05) is 0 Å². The molecule has 0 atom stereocenters. The molecule has 0 bridgehead atoms. The van der Waals surface area contributed by atoms with E-state index in [0.717, 1.165) is 42.0 Å². The number of hydrogen-bond donors (Lipinski definition) is 0. The molecular formula is C14H16N4OS2. The molecule has 21 heavy (non-hydrogen) atoms. The molecule has 7 heteroatoms. The van der Waals surface area contributed by atoms with Gasteiger partial charge in [0, 0.05) is 49.2 Å². The van der Waals surface area contributed by atoms with Gasteiger partial charge in [-0.25, -0.2) is 9.97 Å². The lowest BCUT2D eigenvalue weighted by molar-refractivity contribution is -0.126. The second kappa shape index (κ2) is 6.36. The van der Waals surface area contributed by atoms with Crippen molar-refractivity contribution in [2.24, 2.45) is 0 Å². The Bertz CT molecular complexity index is 627. The second-order valence-corrected chi connectivity index (χ2v) is 6.69. The van der Waals surface area contributed by atoms with Crippen molar-refractivity contribution in [1.82, 2.24) is 14.9 Å². The van der Waals surface area contributed by atoms with E-state index in [9.17, 15) is 4.79 Å². The van der Waals surface area contributed by atoms with Crippen LogP contribution in [-0.4, -0.2) is 47.0 Å². The molecule has 2 aromatic rings. The van der Waals surface area contributed by atoms with Gasteiger partial charge in [0.25, 0.3) is 0 Å². The molecule has 1 aliphatic rings. The summed E-state index contributed by atoms with van der Waals surface area (Å²) in [7, 11) is 0. The molecular weight excluding hydrogens is 304 g/mol. The SMILES string of the molecule is Cc1nc(/C=C\C(=O)N2CCN(c3nccs3)CC2)cs1. The lowest BCUT2D eigenvalue weighted by Crippen LogP contribution is -2.48. The number of hydrogen-bond acceptors (Lipinski definition) is 6. The molecule has 0 unspecified atom stereocenters. The fraction of sp³-hybridized carbons (Fsp3) is 0.357. The Morgan fingerprint density at radius 2 is 2.10 bits per heavy atom. The standard InChI is InChI=1S/C14H16N4OS2/c1-11-16-12(10-21-11)2-3-13(19)17-5-7-18(8-6-17)14-15-4-9-20-14/h2-4,9-10H,5-8H2,1H3/b3-2-. The van der Waals surface area contributed by atoms with E-state index in [-0.39, 0.29) is 5.91 Å². The molecule has 0 radical (unpaired) electrons. The highest BCUT2D eigenvalue weighted by Crippen LogP contribution is 2.19. The number of carbonyl (C=O) groups excluding carboxylic acids is 1. The molecule has 0 spiro atoms. The van der Waals surface area contributed by atoms with Crippen LogP contribution in [0.1, 0.15) is 10.7 Å². The van der Waals surface area contributed by atoms with Crippen LogP contribution >= 0.6 is 22.7 Å². The van der Waals surface area contributed by atoms with Crippen molar-refractivity contribution in [3.8, 4) is 0 Å². The Morgan fingerprint density at radius 3 is 2.71 bits per heavy atom. The molecule has 0 N–H and O–H groups in total. The summed E-state index contributed by atoms with van der Waals surface area (Å²) in [4.78, 5) is 24.9. The first kappa shape index (κ1) is 14.2. The fourth-order valence-corrected chi connectivity index (χ4v) is 3.49. The van der Waals surface area contributed by atoms with E-state index in [1.54, 1.807) is 34.8 Å². The van der Waals surface area contributed by atoms with Crippen LogP contribution in [0.2, 0.25) is 0 Å². The van der Waals surface area contributed by atoms with Gasteiger partial charge in [-0.15, -0.1) is 22.7 Å². The summed E-state index contributed by atoms with van der Waals surface area (Å²) in [6, 6.07) is 0. The number of rotatable bonds is 3. The predicted octanol–water partition coefficient (Wildman–Crippen LogP) is 2.27. The minimum Gasteiger partial charge on any atom is -0.345 e. The minimum atomic E-state index is 0.0550. The number of piperazine rings is 1. The third-order valence-corrected chi connectivity index (χ3v) is 4.94. The number of carbonyl (C=O) groups is 1. The van der Waals surface area contributed by atoms with Crippen molar-refractivity contribution in [2.45, 2.75) is 6.92 Å². The summed E-state index contributed by atoms with van der Waals surface area (Å²) >= 11 is 3.23. The summed E-state index contributed by atoms with van der Waals surface area (Å²) < 4.78 is 0. The summed E-state index contributed by atoms with van der Waals surface area (Å²) in [5.74, 6) is 0.0550. The van der Waals surface area contributed by atoms with Crippen molar-refractivity contribution < 1.29 is 4.79 Å². The van der Waals surface area contributed by atoms with E-state index in [1.807, 2.05) is 28.8 Å². The third-order valence-electron chi connectivity index (χ3n) is 3.31. The largest absolute Gasteiger partial charge is 0.345 e. The van der Waals surface area contributed by atoms with Crippen LogP contribution in [-0.2, 0) is 4.79 Å². The van der Waals surface area contributed by atoms with Gasteiger partial charge in [0.2, 0.25) is 5.91 Å². The highest BCUT2D eigenvalue weighted by atomic mass is 32.1. The quantitative estimate of drug-likeness (QED) is 0.814. The Balaban J connectivity index is 1.54. The Hall–Kier alpha value is -1.73. The molecule has 3 heterocycles. The number of aryl methyl sites for hydroxylation is 1. The topological polar surface area (TPSA) is 49.3 Å². The molecule has 1 saturated heterocycles. The maximum Gasteiger partial charge on any atom is 0.246 e. The number of nitrogens with zero attached hydrogens (tertiary/aromatic N) is 4. The zero-order chi connectivity index (χ0) is 14.7. The number of aromatic nitrogens is 2. The minimum absolute atomic E-state index is 0.0550. The molecule has 1 amide bonds. The van der Waals surface area contributed by atoms with E-state index in [2.05, 4.69) is 14.9 Å². The summed E-state index contributed by atoms with van der Waals surface area (Å²) in [6.45, 7) is 5.10. The molecule has 0 aromatic carbocycles. The van der Waals surface area contributed by atoms with Gasteiger partial charge in [0.15, 0.2) is 5.13 Å². The number of anilines is 1. The summed E-state index contributed by atoms with van der Waals surface area (Å²) in [6.07, 6.45) is 5.22. The van der Waals surface area contributed by atoms with Gasteiger partial charge in [-0.3, -0.25) is 4.79 Å². The number of thiazole rings is 2. The third kappa shape index (κ3) is 3.48. The van der Waals surface area contributed by atoms with Crippen LogP contribution in [0.5, 0.6) is 0 Å². The molecule has 1 fully saturated rings. The smallest absolute Gasteiger partial charge is 0.246 e. The molecule has 5 nitrogen and oxygen atoms in total. The van der Waals surface area contributed by atoms with Crippen LogP contribution in [0.25, 0.3) is 6.08 Å². The van der Waals surface area contributed by atoms with E-state index in [0.29, 0.717) is 0 Å². The highest BCUT2D eigenvalue weighted by Gasteiger charge is 2.20. The van der Waals surface area contributed by atoms with Gasteiger partial charge < -0.3 is 9.80 Å². The first-order chi connectivity index (χ1) is 10.2. The summed E-state index contributed by atoms with van der Waals surface area (Å²) in [5.41, 5.74) is 0.854. The monoisotopic (exact) mass is 320 g/mol. The van der Waals surface area contributed by atoms with Gasteiger partial charge in [0.05, 0.1) is 10.7 Å². The van der Waals surface area contributed by atoms with Crippen molar-refractivity contribution in [2.75, 3.05) is 31.1 Å². The van der Waals surface area contributed by atoms with E-state index >= 15 is 0 Å². The Kier molecular flexibility index (Phi) is 4.31. The fourth-order valence-electron chi connectivity index (χ4n) is 2.21. The highest BCUT2D eigenvalue weighted by molar-refractivity contribution is 7.13. The molecule has 2 aromatic heterocycles. The van der Waals surface area contributed by atoms with Crippen molar-refractivity contribution in [3.63, 3.8) is 0 Å². The maximum atomic E-state index is 12.2. The first-order valence-corrected chi connectivity index (χ1v) is 8.52. The van der Waals surface area contributed by atoms with Crippen LogP contribution in [0.15, 0.2) is 23.0 Å². The molecule has 0 saturated carbocycles. The van der Waals surface area contributed by atoms with Crippen molar-refractivity contribution in [3.05, 3.63) is 33.7 Å². The zero-order valence-electron chi connectivity index (χ0n) is 11.7. The van der Waals surface area contributed by atoms with E-state index in [1.165, 1.54) is 0 Å². The average molecular weight is 320 g/mol. The molecule has 3 rings (SSSR count). The Labute approximate surface area is 131 Å². The maximum absolute atomic E-state index is 12.2. The molecule has 1 aliphatic heterocycles. The van der Waals surface area contributed by atoms with Crippen molar-refractivity contribution in [1.29, 1.82) is 0 Å². The first-order valence-electron chi connectivity index (χ1n) is 6.76. The normalized spacial score (nSPS) is 15.9. The van der Waals surface area contributed by atoms with Crippen LogP contribution in [0.4, 0.5) is 5.13 Å².